The van der Waals surface area contributed by atoms with Gasteiger partial charge in [-0.25, -0.2) is 4.79 Å². The molecule has 2 aromatic rings. The third kappa shape index (κ3) is 2.22. The van der Waals surface area contributed by atoms with Crippen LogP contribution in [-0.4, -0.2) is 28.1 Å². The highest BCUT2D eigenvalue weighted by Gasteiger charge is 2.17. The number of halogens is 1. The molecule has 0 N–H and O–H groups in total. The summed E-state index contributed by atoms with van der Waals surface area (Å²) in [6.07, 6.45) is 0. The first-order valence-electron chi connectivity index (χ1n) is 5.31. The maximum atomic E-state index is 11.5. The van der Waals surface area contributed by atoms with Gasteiger partial charge in [0.25, 0.3) is 0 Å². The number of benzene rings is 1. The third-order valence-electron chi connectivity index (χ3n) is 2.54. The van der Waals surface area contributed by atoms with Crippen molar-refractivity contribution in [2.75, 3.05) is 7.11 Å². The van der Waals surface area contributed by atoms with Gasteiger partial charge in [-0.2, -0.15) is 9.90 Å². The van der Waals surface area contributed by atoms with Gasteiger partial charge in [0.1, 0.15) is 0 Å². The second-order valence-corrected chi connectivity index (χ2v) is 4.28. The Morgan fingerprint density at radius 3 is 2.67 bits per heavy atom. The normalized spacial score (nSPS) is 10.4. The summed E-state index contributed by atoms with van der Waals surface area (Å²) in [6, 6.07) is 5.37. The molecule has 0 fully saturated rings. The Labute approximate surface area is 109 Å². The molecule has 0 bridgehead atoms. The summed E-state index contributed by atoms with van der Waals surface area (Å²) in [4.78, 5) is 12.9. The second-order valence-electron chi connectivity index (χ2n) is 3.85. The topological polar surface area (TPSA) is 57.0 Å². The van der Waals surface area contributed by atoms with E-state index in [4.69, 9.17) is 11.6 Å². The number of esters is 1. The van der Waals surface area contributed by atoms with Gasteiger partial charge >= 0.3 is 5.97 Å². The van der Waals surface area contributed by atoms with Crippen molar-refractivity contribution < 1.29 is 9.53 Å². The van der Waals surface area contributed by atoms with E-state index in [1.165, 1.54) is 11.9 Å². The van der Waals surface area contributed by atoms with Crippen LogP contribution in [0.15, 0.2) is 18.2 Å². The second kappa shape index (κ2) is 4.78. The zero-order valence-electron chi connectivity index (χ0n) is 10.3. The van der Waals surface area contributed by atoms with E-state index in [2.05, 4.69) is 14.9 Å². The Morgan fingerprint density at radius 2 is 2.06 bits per heavy atom. The van der Waals surface area contributed by atoms with Crippen LogP contribution in [0, 0.1) is 13.8 Å². The summed E-state index contributed by atoms with van der Waals surface area (Å²) in [7, 11) is 1.31. The average molecular weight is 266 g/mol. The summed E-state index contributed by atoms with van der Waals surface area (Å²) in [5, 5.41) is 8.98. The minimum Gasteiger partial charge on any atom is -0.464 e. The van der Waals surface area contributed by atoms with E-state index >= 15 is 0 Å². The molecule has 18 heavy (non-hydrogen) atoms. The molecular formula is C12H12ClN3O2. The lowest BCUT2D eigenvalue weighted by atomic mass is 10.2. The molecule has 0 spiro atoms. The van der Waals surface area contributed by atoms with E-state index in [0.717, 1.165) is 11.3 Å². The number of methoxy groups -OCH3 is 1. The van der Waals surface area contributed by atoms with Crippen LogP contribution in [0.4, 0.5) is 0 Å². The minimum absolute atomic E-state index is 0.215. The van der Waals surface area contributed by atoms with Crippen molar-refractivity contribution in [2.45, 2.75) is 13.8 Å². The molecule has 0 atom stereocenters. The molecule has 5 nitrogen and oxygen atoms in total. The summed E-state index contributed by atoms with van der Waals surface area (Å²) in [5.41, 5.74) is 2.44. The van der Waals surface area contributed by atoms with Gasteiger partial charge in [0, 0.05) is 5.02 Å². The SMILES string of the molecule is COC(=O)c1nn(-c2ccc(Cl)cc2C)nc1C. The van der Waals surface area contributed by atoms with Crippen molar-refractivity contribution in [1.29, 1.82) is 0 Å². The van der Waals surface area contributed by atoms with Crippen molar-refractivity contribution in [1.82, 2.24) is 15.0 Å². The lowest BCUT2D eigenvalue weighted by Gasteiger charge is -2.04. The van der Waals surface area contributed by atoms with Crippen LogP contribution in [-0.2, 0) is 4.74 Å². The molecular weight excluding hydrogens is 254 g/mol. The molecule has 0 aliphatic rings. The van der Waals surface area contributed by atoms with Gasteiger partial charge in [-0.1, -0.05) is 11.6 Å². The van der Waals surface area contributed by atoms with Crippen LogP contribution in [0.5, 0.6) is 0 Å². The number of hydrogen-bond acceptors (Lipinski definition) is 4. The highest BCUT2D eigenvalue weighted by atomic mass is 35.5. The van der Waals surface area contributed by atoms with Gasteiger partial charge in [0.2, 0.25) is 0 Å². The first kappa shape index (κ1) is 12.6. The van der Waals surface area contributed by atoms with E-state index in [1.807, 2.05) is 13.0 Å². The van der Waals surface area contributed by atoms with Crippen LogP contribution in [0.1, 0.15) is 21.7 Å². The molecule has 1 aromatic heterocycles. The van der Waals surface area contributed by atoms with Crippen LogP contribution in [0.2, 0.25) is 5.02 Å². The van der Waals surface area contributed by atoms with Gasteiger partial charge in [-0.15, -0.1) is 5.10 Å². The number of ether oxygens (including phenoxy) is 1. The lowest BCUT2D eigenvalue weighted by Crippen LogP contribution is -2.06. The van der Waals surface area contributed by atoms with Crippen LogP contribution in [0.25, 0.3) is 5.69 Å². The highest BCUT2D eigenvalue weighted by Crippen LogP contribution is 2.18. The van der Waals surface area contributed by atoms with Crippen molar-refractivity contribution in [3.05, 3.63) is 40.2 Å². The van der Waals surface area contributed by atoms with Gasteiger partial charge in [-0.3, -0.25) is 0 Å². The zero-order valence-corrected chi connectivity index (χ0v) is 11.0. The predicted molar refractivity (Wildman–Crippen MR) is 67.2 cm³/mol. The fraction of sp³-hybridized carbons (Fsp3) is 0.250. The van der Waals surface area contributed by atoms with Crippen molar-refractivity contribution in [3.8, 4) is 5.69 Å². The van der Waals surface area contributed by atoms with E-state index < -0.39 is 5.97 Å². The summed E-state index contributed by atoms with van der Waals surface area (Å²) in [6.45, 7) is 3.61. The Hall–Kier alpha value is -1.88. The number of aryl methyl sites for hydroxylation is 2. The Kier molecular flexibility index (Phi) is 3.34. The van der Waals surface area contributed by atoms with Crippen molar-refractivity contribution >= 4 is 17.6 Å². The standard InChI is InChI=1S/C12H12ClN3O2/c1-7-6-9(13)4-5-10(7)16-14-8(2)11(15-16)12(17)18-3/h4-6H,1-3H3. The largest absolute Gasteiger partial charge is 0.464 e. The molecule has 0 aliphatic carbocycles. The number of carbonyl (C=O) groups is 1. The van der Waals surface area contributed by atoms with Crippen LogP contribution >= 0.6 is 11.6 Å². The summed E-state index contributed by atoms with van der Waals surface area (Å²) >= 11 is 5.89. The minimum atomic E-state index is -0.495. The van der Waals surface area contributed by atoms with Gasteiger partial charge in [0.15, 0.2) is 5.69 Å². The van der Waals surface area contributed by atoms with E-state index in [-0.39, 0.29) is 5.69 Å². The van der Waals surface area contributed by atoms with Crippen molar-refractivity contribution in [2.24, 2.45) is 0 Å². The monoisotopic (exact) mass is 265 g/mol. The van der Waals surface area contributed by atoms with E-state index in [1.54, 1.807) is 19.1 Å². The highest BCUT2D eigenvalue weighted by molar-refractivity contribution is 6.30. The molecule has 2 rings (SSSR count). The summed E-state index contributed by atoms with van der Waals surface area (Å²) in [5.74, 6) is -0.495. The zero-order chi connectivity index (χ0) is 13.3. The fourth-order valence-corrected chi connectivity index (χ4v) is 1.84. The fourth-order valence-electron chi connectivity index (χ4n) is 1.62. The Morgan fingerprint density at radius 1 is 1.33 bits per heavy atom. The van der Waals surface area contributed by atoms with Crippen LogP contribution in [0.3, 0.4) is 0 Å². The van der Waals surface area contributed by atoms with Crippen molar-refractivity contribution in [3.63, 3.8) is 0 Å². The molecule has 94 valence electrons. The smallest absolute Gasteiger partial charge is 0.360 e. The number of aromatic nitrogens is 3. The average Bonchev–Trinajstić information content (AvgIpc) is 2.70. The van der Waals surface area contributed by atoms with E-state index in [0.29, 0.717) is 10.7 Å². The van der Waals surface area contributed by atoms with E-state index in [9.17, 15) is 4.79 Å². The molecule has 1 aromatic carbocycles. The number of rotatable bonds is 2. The number of hydrogen-bond donors (Lipinski definition) is 0. The number of nitrogens with zero attached hydrogens (tertiary/aromatic N) is 3. The van der Waals surface area contributed by atoms with Gasteiger partial charge < -0.3 is 4.74 Å². The molecule has 0 saturated heterocycles. The maximum absolute atomic E-state index is 11.5. The van der Waals surface area contributed by atoms with Gasteiger partial charge in [-0.05, 0) is 37.6 Å². The third-order valence-corrected chi connectivity index (χ3v) is 2.77. The van der Waals surface area contributed by atoms with Crippen LogP contribution < -0.4 is 0 Å². The molecule has 1 heterocycles. The number of carbonyl (C=O) groups excluding carboxylic acids is 1. The first-order chi connectivity index (χ1) is 8.52. The molecule has 0 saturated carbocycles. The molecule has 0 aliphatic heterocycles. The first-order valence-corrected chi connectivity index (χ1v) is 5.69. The molecule has 0 radical (unpaired) electrons. The maximum Gasteiger partial charge on any atom is 0.360 e. The summed E-state index contributed by atoms with van der Waals surface area (Å²) < 4.78 is 4.64. The Bertz CT molecular complexity index is 607. The molecule has 0 unspecified atom stereocenters. The van der Waals surface area contributed by atoms with Gasteiger partial charge in [0.05, 0.1) is 18.5 Å². The molecule has 6 heteroatoms. The lowest BCUT2D eigenvalue weighted by molar-refractivity contribution is 0.0592. The quantitative estimate of drug-likeness (QED) is 0.782. The Balaban J connectivity index is 2.49. The molecule has 0 amide bonds. The predicted octanol–water partition coefficient (Wildman–Crippen LogP) is 2.32.